The fraction of sp³-hybridized carbons (Fsp3) is 0.321. The average Bonchev–Trinajstić information content (AvgIpc) is 2.90. The maximum atomic E-state index is 13.6. The summed E-state index contributed by atoms with van der Waals surface area (Å²) in [6.45, 7) is 7.29. The molecule has 4 aromatic rings. The van der Waals surface area contributed by atoms with Gasteiger partial charge in [-0.3, -0.25) is 18.7 Å². The lowest BCUT2D eigenvalue weighted by molar-refractivity contribution is 0.250. The van der Waals surface area contributed by atoms with Gasteiger partial charge in [0.05, 0.1) is 11.1 Å². The van der Waals surface area contributed by atoms with Crippen LogP contribution in [0.5, 0.6) is 0 Å². The second-order valence-corrected chi connectivity index (χ2v) is 9.11. The van der Waals surface area contributed by atoms with Crippen molar-refractivity contribution in [2.24, 2.45) is 0 Å². The molecule has 0 radical (unpaired) electrons. The van der Waals surface area contributed by atoms with Gasteiger partial charge in [-0.1, -0.05) is 36.4 Å². The molecule has 5 rings (SSSR count). The number of pyridine rings is 2. The molecule has 1 aliphatic heterocycles. The van der Waals surface area contributed by atoms with Crippen LogP contribution in [-0.2, 0) is 6.54 Å². The van der Waals surface area contributed by atoms with Crippen LogP contribution in [0.1, 0.15) is 18.4 Å². The van der Waals surface area contributed by atoms with E-state index in [4.69, 9.17) is 0 Å². The molecule has 1 aromatic carbocycles. The summed E-state index contributed by atoms with van der Waals surface area (Å²) in [5.41, 5.74) is 2.66. The summed E-state index contributed by atoms with van der Waals surface area (Å²) in [7, 11) is 0. The molecule has 0 amide bonds. The van der Waals surface area contributed by atoms with Crippen molar-refractivity contribution >= 4 is 23.7 Å². The van der Waals surface area contributed by atoms with Crippen LogP contribution in [-0.4, -0.2) is 51.6 Å². The normalized spacial score (nSPS) is 14.1. The first-order valence-corrected chi connectivity index (χ1v) is 12.3. The molecule has 36 heavy (non-hydrogen) atoms. The van der Waals surface area contributed by atoms with Crippen LogP contribution in [0.3, 0.4) is 0 Å². The molecule has 0 atom stereocenters. The zero-order valence-corrected chi connectivity index (χ0v) is 21.4. The summed E-state index contributed by atoms with van der Waals surface area (Å²) in [4.78, 5) is 36.0. The monoisotopic (exact) mass is 505 g/mol. The summed E-state index contributed by atoms with van der Waals surface area (Å²) in [6.07, 6.45) is 5.30. The van der Waals surface area contributed by atoms with Crippen molar-refractivity contribution in [3.05, 3.63) is 99.5 Å². The minimum absolute atomic E-state index is 0. The Hall–Kier alpha value is -3.42. The van der Waals surface area contributed by atoms with Crippen molar-refractivity contribution in [3.8, 4) is 11.1 Å². The second-order valence-electron chi connectivity index (χ2n) is 9.11. The average molecular weight is 506 g/mol. The lowest BCUT2D eigenvalue weighted by Crippen LogP contribution is -2.47. The van der Waals surface area contributed by atoms with Crippen molar-refractivity contribution in [2.45, 2.75) is 26.3 Å². The standard InChI is InChI=1S/C28H31N5O2.ClH/c1-22-10-2-3-11-23(22)26-24-12-5-7-16-32(24)28(35)33(27(26)34)17-9-8-15-30-18-20-31(21-19-30)25-13-4-6-14-29-25;/h2-7,10-14,16H,8-9,15,17-21H2,1H3;1H. The molecule has 7 nitrogen and oxygen atoms in total. The molecule has 188 valence electrons. The number of aromatic nitrogens is 3. The van der Waals surface area contributed by atoms with Crippen LogP contribution >= 0.6 is 12.4 Å². The number of benzene rings is 1. The quantitative estimate of drug-likeness (QED) is 0.357. The molecule has 0 spiro atoms. The molecule has 0 saturated carbocycles. The molecule has 4 heterocycles. The van der Waals surface area contributed by atoms with Crippen LogP contribution in [0, 0.1) is 6.92 Å². The van der Waals surface area contributed by atoms with Gasteiger partial charge in [0.25, 0.3) is 5.56 Å². The fourth-order valence-electron chi connectivity index (χ4n) is 4.93. The number of rotatable bonds is 7. The molecule has 1 aliphatic rings. The molecule has 8 heteroatoms. The Kier molecular flexibility index (Phi) is 8.23. The first-order chi connectivity index (χ1) is 17.1. The third-order valence-corrected chi connectivity index (χ3v) is 6.88. The van der Waals surface area contributed by atoms with Crippen molar-refractivity contribution in [1.82, 2.24) is 18.9 Å². The largest absolute Gasteiger partial charge is 0.354 e. The van der Waals surface area contributed by atoms with Gasteiger partial charge in [-0.15, -0.1) is 12.4 Å². The summed E-state index contributed by atoms with van der Waals surface area (Å²) < 4.78 is 3.01. The van der Waals surface area contributed by atoms with Crippen molar-refractivity contribution in [2.75, 3.05) is 37.6 Å². The van der Waals surface area contributed by atoms with E-state index in [2.05, 4.69) is 20.9 Å². The van der Waals surface area contributed by atoms with Gasteiger partial charge >= 0.3 is 5.69 Å². The number of hydrogen-bond acceptors (Lipinski definition) is 5. The maximum absolute atomic E-state index is 13.6. The summed E-state index contributed by atoms with van der Waals surface area (Å²) >= 11 is 0. The van der Waals surface area contributed by atoms with Gasteiger partial charge in [-0.25, -0.2) is 9.78 Å². The predicted molar refractivity (Wildman–Crippen MR) is 147 cm³/mol. The minimum atomic E-state index is -0.271. The van der Waals surface area contributed by atoms with Crippen LogP contribution in [0.25, 0.3) is 16.6 Å². The second kappa shape index (κ2) is 11.5. The summed E-state index contributed by atoms with van der Waals surface area (Å²) in [5.74, 6) is 1.03. The Balaban J connectivity index is 0.00000304. The molecular formula is C28H32ClN5O2. The van der Waals surface area contributed by atoms with Gasteiger partial charge in [-0.05, 0) is 61.7 Å². The zero-order chi connectivity index (χ0) is 24.2. The SMILES string of the molecule is Cc1ccccc1-c1c(=O)n(CCCCN2CCN(c3ccccn3)CC2)c(=O)n2ccccc12.Cl. The first-order valence-electron chi connectivity index (χ1n) is 12.3. The molecule has 0 N–H and O–H groups in total. The fourth-order valence-corrected chi connectivity index (χ4v) is 4.93. The number of aryl methyl sites for hydroxylation is 1. The Labute approximate surface area is 217 Å². The Morgan fingerprint density at radius 1 is 0.833 bits per heavy atom. The molecule has 0 aliphatic carbocycles. The van der Waals surface area contributed by atoms with Crippen LogP contribution < -0.4 is 16.1 Å². The van der Waals surface area contributed by atoms with Gasteiger partial charge < -0.3 is 4.90 Å². The zero-order valence-electron chi connectivity index (χ0n) is 20.5. The van der Waals surface area contributed by atoms with E-state index in [9.17, 15) is 9.59 Å². The molecule has 0 unspecified atom stereocenters. The van der Waals surface area contributed by atoms with E-state index in [-0.39, 0.29) is 23.7 Å². The van der Waals surface area contributed by atoms with Crippen LogP contribution in [0.4, 0.5) is 5.82 Å². The van der Waals surface area contributed by atoms with E-state index in [1.54, 1.807) is 10.6 Å². The number of hydrogen-bond donors (Lipinski definition) is 0. The highest BCUT2D eigenvalue weighted by Gasteiger charge is 2.19. The number of halogens is 1. The van der Waals surface area contributed by atoms with Gasteiger partial charge in [-0.2, -0.15) is 0 Å². The highest BCUT2D eigenvalue weighted by atomic mass is 35.5. The van der Waals surface area contributed by atoms with E-state index < -0.39 is 0 Å². The van der Waals surface area contributed by atoms with Crippen molar-refractivity contribution < 1.29 is 0 Å². The first kappa shape index (κ1) is 25.7. The number of piperazine rings is 1. The predicted octanol–water partition coefficient (Wildman–Crippen LogP) is 3.86. The highest BCUT2D eigenvalue weighted by molar-refractivity contribution is 5.85. The number of fused-ring (bicyclic) bond motifs is 1. The number of unbranched alkanes of at least 4 members (excludes halogenated alkanes) is 1. The van der Waals surface area contributed by atoms with Gasteiger partial charge in [0, 0.05) is 45.1 Å². The smallest absolute Gasteiger partial charge is 0.335 e. The van der Waals surface area contributed by atoms with Gasteiger partial charge in [0.15, 0.2) is 0 Å². The molecule has 0 bridgehead atoms. The van der Waals surface area contributed by atoms with E-state index in [1.807, 2.05) is 67.7 Å². The van der Waals surface area contributed by atoms with Gasteiger partial charge in [0.2, 0.25) is 0 Å². The lowest BCUT2D eigenvalue weighted by Gasteiger charge is -2.35. The van der Waals surface area contributed by atoms with Crippen LogP contribution in [0.15, 0.2) is 82.6 Å². The highest BCUT2D eigenvalue weighted by Crippen LogP contribution is 2.23. The molecular weight excluding hydrogens is 474 g/mol. The van der Waals surface area contributed by atoms with Crippen LogP contribution in [0.2, 0.25) is 0 Å². The summed E-state index contributed by atoms with van der Waals surface area (Å²) in [5, 5.41) is 0. The molecule has 1 fully saturated rings. The Bertz CT molecular complexity index is 1430. The molecule has 3 aromatic heterocycles. The summed E-state index contributed by atoms with van der Waals surface area (Å²) in [6, 6.07) is 19.4. The Morgan fingerprint density at radius 3 is 2.31 bits per heavy atom. The van der Waals surface area contributed by atoms with E-state index in [1.165, 1.54) is 4.57 Å². The lowest BCUT2D eigenvalue weighted by atomic mass is 10.0. The molecule has 1 saturated heterocycles. The van der Waals surface area contributed by atoms with E-state index in [0.717, 1.165) is 62.5 Å². The van der Waals surface area contributed by atoms with Crippen molar-refractivity contribution in [1.29, 1.82) is 0 Å². The number of anilines is 1. The maximum Gasteiger partial charge on any atom is 0.335 e. The van der Waals surface area contributed by atoms with Crippen molar-refractivity contribution in [3.63, 3.8) is 0 Å². The minimum Gasteiger partial charge on any atom is -0.354 e. The van der Waals surface area contributed by atoms with Gasteiger partial charge in [0.1, 0.15) is 5.82 Å². The number of nitrogens with zero attached hydrogens (tertiary/aromatic N) is 5. The van der Waals surface area contributed by atoms with E-state index in [0.29, 0.717) is 17.6 Å². The van der Waals surface area contributed by atoms with E-state index >= 15 is 0 Å². The Morgan fingerprint density at radius 2 is 1.56 bits per heavy atom. The third-order valence-electron chi connectivity index (χ3n) is 6.88. The third kappa shape index (κ3) is 5.22. The topological polar surface area (TPSA) is 62.9 Å².